The van der Waals surface area contributed by atoms with E-state index < -0.39 is 23.2 Å². The van der Waals surface area contributed by atoms with Gasteiger partial charge < -0.3 is 5.73 Å². The zero-order valence-electron chi connectivity index (χ0n) is 7.27. The lowest BCUT2D eigenvalue weighted by atomic mass is 10.1. The van der Waals surface area contributed by atoms with Crippen molar-refractivity contribution < 1.29 is 18.0 Å². The van der Waals surface area contributed by atoms with Gasteiger partial charge in [-0.25, -0.2) is 0 Å². The van der Waals surface area contributed by atoms with Gasteiger partial charge in [-0.05, 0) is 6.92 Å². The largest absolute Gasteiger partial charge is 0.418 e. The zero-order valence-corrected chi connectivity index (χ0v) is 7.27. The second-order valence-electron chi connectivity index (χ2n) is 2.38. The molecule has 5 heteroatoms. The highest BCUT2D eigenvalue weighted by Gasteiger charge is 2.34. The fourth-order valence-electron chi connectivity index (χ4n) is 0.693. The van der Waals surface area contributed by atoms with Gasteiger partial charge in [0, 0.05) is 6.92 Å². The summed E-state index contributed by atoms with van der Waals surface area (Å²) in [4.78, 5) is 10.6. The number of carbonyl (C=O) groups excluding carboxylic acids is 1. The Morgan fingerprint density at radius 3 is 2.08 bits per heavy atom. The first-order valence-corrected chi connectivity index (χ1v) is 3.51. The molecule has 2 N–H and O–H groups in total. The number of carbonyl (C=O) groups is 1. The van der Waals surface area contributed by atoms with Gasteiger partial charge >= 0.3 is 6.18 Å². The predicted octanol–water partition coefficient (Wildman–Crippen LogP) is 1.93. The van der Waals surface area contributed by atoms with E-state index in [9.17, 15) is 18.0 Å². The molecule has 0 aliphatic carbocycles. The second-order valence-corrected chi connectivity index (χ2v) is 2.38. The number of hydrogen-bond acceptors (Lipinski definition) is 2. The Labute approximate surface area is 73.9 Å². The van der Waals surface area contributed by atoms with Crippen molar-refractivity contribution in [2.24, 2.45) is 5.73 Å². The number of rotatable bonds is 2. The van der Waals surface area contributed by atoms with Gasteiger partial charge in [0.25, 0.3) is 0 Å². The Morgan fingerprint density at radius 2 is 1.85 bits per heavy atom. The summed E-state index contributed by atoms with van der Waals surface area (Å²) in [6.45, 7) is 2.41. The topological polar surface area (TPSA) is 43.1 Å². The van der Waals surface area contributed by atoms with Crippen LogP contribution in [-0.2, 0) is 4.79 Å². The fraction of sp³-hybridized carbons (Fsp3) is 0.375. The van der Waals surface area contributed by atoms with E-state index in [4.69, 9.17) is 5.73 Å². The van der Waals surface area contributed by atoms with Crippen LogP contribution >= 0.6 is 0 Å². The molecule has 0 aliphatic rings. The van der Waals surface area contributed by atoms with Crippen LogP contribution in [0.25, 0.3) is 0 Å². The lowest BCUT2D eigenvalue weighted by molar-refractivity contribution is -0.115. The Balaban J connectivity index is 5.25. The molecule has 0 unspecified atom stereocenters. The molecule has 0 fully saturated rings. The SMILES string of the molecule is C/C=C\C(=C(/N)C(C)=O)C(F)(F)F. The van der Waals surface area contributed by atoms with E-state index in [0.29, 0.717) is 0 Å². The number of alkyl halides is 3. The van der Waals surface area contributed by atoms with Crippen LogP contribution in [0.5, 0.6) is 0 Å². The molecule has 0 aliphatic heterocycles. The number of allylic oxidation sites excluding steroid dienone is 4. The number of nitrogens with two attached hydrogens (primary N) is 1. The summed E-state index contributed by atoms with van der Waals surface area (Å²) in [6, 6.07) is 0. The minimum atomic E-state index is -4.58. The van der Waals surface area contributed by atoms with Crippen LogP contribution in [0.1, 0.15) is 13.8 Å². The molecule has 0 radical (unpaired) electrons. The van der Waals surface area contributed by atoms with Gasteiger partial charge in [-0.3, -0.25) is 4.79 Å². The van der Waals surface area contributed by atoms with E-state index >= 15 is 0 Å². The highest BCUT2D eigenvalue weighted by atomic mass is 19.4. The highest BCUT2D eigenvalue weighted by molar-refractivity contribution is 5.93. The molecule has 0 saturated carbocycles. The molecular formula is C8H10F3NO. The first-order chi connectivity index (χ1) is 5.80. The zero-order chi connectivity index (χ0) is 10.6. The van der Waals surface area contributed by atoms with Crippen molar-refractivity contribution in [2.75, 3.05) is 0 Å². The quantitative estimate of drug-likeness (QED) is 0.537. The fourth-order valence-corrected chi connectivity index (χ4v) is 0.693. The minimum absolute atomic E-state index is 0.759. The third-order valence-corrected chi connectivity index (χ3v) is 1.31. The summed E-state index contributed by atoms with van der Waals surface area (Å²) < 4.78 is 36.5. The molecule has 0 spiro atoms. The normalized spacial score (nSPS) is 14.5. The molecule has 0 aromatic carbocycles. The average molecular weight is 193 g/mol. The molecule has 0 aromatic rings. The van der Waals surface area contributed by atoms with Crippen LogP contribution in [0.3, 0.4) is 0 Å². The summed E-state index contributed by atoms with van der Waals surface area (Å²) in [7, 11) is 0. The molecule has 0 bridgehead atoms. The summed E-state index contributed by atoms with van der Waals surface area (Å²) in [5.74, 6) is -0.787. The van der Waals surface area contributed by atoms with E-state index in [0.717, 1.165) is 13.0 Å². The van der Waals surface area contributed by atoms with Crippen molar-refractivity contribution >= 4 is 5.78 Å². The number of Topliss-reactive ketones (excluding diaryl/α,β-unsaturated/α-hetero) is 1. The molecular weight excluding hydrogens is 183 g/mol. The van der Waals surface area contributed by atoms with Crippen LogP contribution in [0.2, 0.25) is 0 Å². The van der Waals surface area contributed by atoms with Gasteiger partial charge in [-0.1, -0.05) is 12.2 Å². The van der Waals surface area contributed by atoms with Gasteiger partial charge in [0.2, 0.25) is 0 Å². The number of ketones is 1. The monoisotopic (exact) mass is 193 g/mol. The standard InChI is InChI=1S/C8H10F3NO/c1-3-4-6(8(9,10)11)7(12)5(2)13/h3-4H,12H2,1-2H3/b4-3-,7-6+. The summed E-state index contributed by atoms with van der Waals surface area (Å²) in [5, 5.41) is 0. The van der Waals surface area contributed by atoms with E-state index in [2.05, 4.69) is 0 Å². The van der Waals surface area contributed by atoms with Gasteiger partial charge in [0.15, 0.2) is 5.78 Å². The molecule has 0 rings (SSSR count). The maximum absolute atomic E-state index is 12.2. The maximum atomic E-state index is 12.2. The van der Waals surface area contributed by atoms with E-state index in [-0.39, 0.29) is 0 Å². The molecule has 74 valence electrons. The smallest absolute Gasteiger partial charge is 0.395 e. The van der Waals surface area contributed by atoms with Crippen LogP contribution in [-0.4, -0.2) is 12.0 Å². The number of halogens is 3. The van der Waals surface area contributed by atoms with Crippen molar-refractivity contribution in [2.45, 2.75) is 20.0 Å². The average Bonchev–Trinajstić information content (AvgIpc) is 1.96. The molecule has 0 heterocycles. The van der Waals surface area contributed by atoms with Crippen molar-refractivity contribution in [3.63, 3.8) is 0 Å². The Bertz CT molecular complexity index is 263. The highest BCUT2D eigenvalue weighted by Crippen LogP contribution is 2.28. The lowest BCUT2D eigenvalue weighted by Crippen LogP contribution is -2.20. The Kier molecular flexibility index (Phi) is 3.71. The Hall–Kier alpha value is -1.26. The van der Waals surface area contributed by atoms with Gasteiger partial charge in [0.05, 0.1) is 11.3 Å². The molecule has 13 heavy (non-hydrogen) atoms. The van der Waals surface area contributed by atoms with E-state index in [1.807, 2.05) is 0 Å². The molecule has 0 amide bonds. The van der Waals surface area contributed by atoms with Crippen LogP contribution in [0.4, 0.5) is 13.2 Å². The molecule has 0 aromatic heterocycles. The van der Waals surface area contributed by atoms with Crippen molar-refractivity contribution in [3.8, 4) is 0 Å². The van der Waals surface area contributed by atoms with Gasteiger partial charge in [0.1, 0.15) is 0 Å². The van der Waals surface area contributed by atoms with Crippen LogP contribution in [0.15, 0.2) is 23.4 Å². The van der Waals surface area contributed by atoms with E-state index in [1.54, 1.807) is 0 Å². The predicted molar refractivity (Wildman–Crippen MR) is 42.8 cm³/mol. The van der Waals surface area contributed by atoms with Crippen molar-refractivity contribution in [3.05, 3.63) is 23.4 Å². The third-order valence-electron chi connectivity index (χ3n) is 1.31. The third kappa shape index (κ3) is 3.31. The second kappa shape index (κ2) is 4.11. The molecule has 2 nitrogen and oxygen atoms in total. The van der Waals surface area contributed by atoms with Gasteiger partial charge in [-0.15, -0.1) is 0 Å². The lowest BCUT2D eigenvalue weighted by Gasteiger charge is -2.09. The minimum Gasteiger partial charge on any atom is -0.395 e. The number of hydrogen-bond donors (Lipinski definition) is 1. The van der Waals surface area contributed by atoms with E-state index in [1.165, 1.54) is 13.0 Å². The van der Waals surface area contributed by atoms with Crippen molar-refractivity contribution in [1.29, 1.82) is 0 Å². The summed E-state index contributed by atoms with van der Waals surface area (Å²) in [5.41, 5.74) is 3.14. The first-order valence-electron chi connectivity index (χ1n) is 3.51. The summed E-state index contributed by atoms with van der Waals surface area (Å²) in [6.07, 6.45) is -2.63. The molecule has 0 atom stereocenters. The van der Waals surface area contributed by atoms with Crippen LogP contribution < -0.4 is 5.73 Å². The maximum Gasteiger partial charge on any atom is 0.418 e. The van der Waals surface area contributed by atoms with Gasteiger partial charge in [-0.2, -0.15) is 13.2 Å². The Morgan fingerprint density at radius 1 is 1.38 bits per heavy atom. The van der Waals surface area contributed by atoms with Crippen molar-refractivity contribution in [1.82, 2.24) is 0 Å². The molecule has 0 saturated heterocycles. The first kappa shape index (κ1) is 11.7. The summed E-state index contributed by atoms with van der Waals surface area (Å²) >= 11 is 0. The van der Waals surface area contributed by atoms with Crippen LogP contribution in [0, 0.1) is 0 Å².